The van der Waals surface area contributed by atoms with E-state index in [-0.39, 0.29) is 28.2 Å². The normalized spacial score (nSPS) is 11.0. The monoisotopic (exact) mass is 380 g/mol. The first-order valence-corrected chi connectivity index (χ1v) is 8.38. The third-order valence-electron chi connectivity index (χ3n) is 4.23. The lowest BCUT2D eigenvalue weighted by atomic mass is 10.1. The molecule has 0 unspecified atom stereocenters. The zero-order valence-electron chi connectivity index (χ0n) is 14.7. The SMILES string of the molecule is CC(=O)Nc1ccc(-c2nn(-c3c(F)cccc3F)c3cc[nH]c(=O)c23)cc1. The molecular formula is C20H14F2N4O2. The van der Waals surface area contributed by atoms with Gasteiger partial charge in [0.1, 0.15) is 11.4 Å². The number of aromatic amines is 1. The molecule has 0 fully saturated rings. The van der Waals surface area contributed by atoms with Crippen molar-refractivity contribution in [1.82, 2.24) is 14.8 Å². The zero-order chi connectivity index (χ0) is 19.8. The molecule has 2 aromatic heterocycles. The van der Waals surface area contributed by atoms with Crippen LogP contribution in [0.3, 0.4) is 0 Å². The number of fused-ring (bicyclic) bond motifs is 1. The fraction of sp³-hybridized carbons (Fsp3) is 0.0500. The summed E-state index contributed by atoms with van der Waals surface area (Å²) >= 11 is 0. The molecule has 0 atom stereocenters. The van der Waals surface area contributed by atoms with Crippen molar-refractivity contribution in [2.24, 2.45) is 0 Å². The molecule has 4 aromatic rings. The van der Waals surface area contributed by atoms with Crippen LogP contribution in [-0.4, -0.2) is 20.7 Å². The predicted molar refractivity (Wildman–Crippen MR) is 101 cm³/mol. The Bertz CT molecular complexity index is 1240. The standard InChI is InChI=1S/C20H14F2N4O2/c1-11(27)24-13-7-5-12(6-8-13)18-17-16(9-10-23-20(17)28)26(25-18)19-14(21)3-2-4-15(19)22/h2-10H,1H3,(H,23,28)(H,24,27). The van der Waals surface area contributed by atoms with E-state index in [9.17, 15) is 18.4 Å². The summed E-state index contributed by atoms with van der Waals surface area (Å²) < 4.78 is 29.7. The molecule has 140 valence electrons. The van der Waals surface area contributed by atoms with Crippen LogP contribution in [-0.2, 0) is 4.79 Å². The zero-order valence-corrected chi connectivity index (χ0v) is 14.7. The van der Waals surface area contributed by atoms with Crippen LogP contribution in [0.4, 0.5) is 14.5 Å². The first kappa shape index (κ1) is 17.6. The number of anilines is 1. The Hall–Kier alpha value is -3.81. The first-order chi connectivity index (χ1) is 13.5. The highest BCUT2D eigenvalue weighted by Gasteiger charge is 2.20. The van der Waals surface area contributed by atoms with Gasteiger partial charge in [-0.05, 0) is 30.3 Å². The van der Waals surface area contributed by atoms with E-state index in [1.54, 1.807) is 24.3 Å². The van der Waals surface area contributed by atoms with Crippen LogP contribution in [0.2, 0.25) is 0 Å². The van der Waals surface area contributed by atoms with Gasteiger partial charge in [0.2, 0.25) is 5.91 Å². The number of para-hydroxylation sites is 1. The van der Waals surface area contributed by atoms with E-state index in [0.29, 0.717) is 11.3 Å². The van der Waals surface area contributed by atoms with Crippen LogP contribution < -0.4 is 10.9 Å². The minimum atomic E-state index is -0.794. The summed E-state index contributed by atoms with van der Waals surface area (Å²) in [6.45, 7) is 1.39. The van der Waals surface area contributed by atoms with Gasteiger partial charge in [0.25, 0.3) is 5.56 Å². The van der Waals surface area contributed by atoms with Gasteiger partial charge in [-0.2, -0.15) is 5.10 Å². The number of rotatable bonds is 3. The molecule has 0 spiro atoms. The van der Waals surface area contributed by atoms with Crippen molar-refractivity contribution in [2.75, 3.05) is 5.32 Å². The number of aromatic nitrogens is 3. The summed E-state index contributed by atoms with van der Waals surface area (Å²) in [5.74, 6) is -1.80. The number of hydrogen-bond donors (Lipinski definition) is 2. The smallest absolute Gasteiger partial charge is 0.259 e. The summed E-state index contributed by atoms with van der Waals surface area (Å²) in [5.41, 5.74) is 0.892. The van der Waals surface area contributed by atoms with Crippen LogP contribution in [0.1, 0.15) is 6.92 Å². The second-order valence-corrected chi connectivity index (χ2v) is 6.16. The highest BCUT2D eigenvalue weighted by atomic mass is 19.1. The van der Waals surface area contributed by atoms with Gasteiger partial charge in [0, 0.05) is 24.4 Å². The summed E-state index contributed by atoms with van der Waals surface area (Å²) in [4.78, 5) is 26.2. The molecule has 2 N–H and O–H groups in total. The lowest BCUT2D eigenvalue weighted by molar-refractivity contribution is -0.114. The molecule has 0 saturated carbocycles. The topological polar surface area (TPSA) is 79.8 Å². The van der Waals surface area contributed by atoms with E-state index < -0.39 is 17.2 Å². The number of nitrogens with one attached hydrogen (secondary N) is 2. The van der Waals surface area contributed by atoms with Crippen LogP contribution in [0.15, 0.2) is 59.5 Å². The highest BCUT2D eigenvalue weighted by Crippen LogP contribution is 2.29. The third-order valence-corrected chi connectivity index (χ3v) is 4.23. The van der Waals surface area contributed by atoms with Crippen molar-refractivity contribution in [1.29, 1.82) is 0 Å². The van der Waals surface area contributed by atoms with E-state index >= 15 is 0 Å². The number of benzene rings is 2. The lowest BCUT2D eigenvalue weighted by Gasteiger charge is -2.06. The summed E-state index contributed by atoms with van der Waals surface area (Å²) in [6.07, 6.45) is 1.39. The lowest BCUT2D eigenvalue weighted by Crippen LogP contribution is -2.06. The second kappa shape index (κ2) is 6.73. The second-order valence-electron chi connectivity index (χ2n) is 6.16. The Kier molecular flexibility index (Phi) is 4.23. The maximum absolute atomic E-state index is 14.3. The fourth-order valence-electron chi connectivity index (χ4n) is 3.06. The summed E-state index contributed by atoms with van der Waals surface area (Å²) in [5, 5.41) is 7.18. The highest BCUT2D eigenvalue weighted by molar-refractivity contribution is 5.94. The molecule has 1 amide bonds. The van der Waals surface area contributed by atoms with E-state index in [1.165, 1.54) is 25.3 Å². The minimum absolute atomic E-state index is 0.206. The van der Waals surface area contributed by atoms with Crippen molar-refractivity contribution in [2.45, 2.75) is 6.92 Å². The molecule has 8 heteroatoms. The third kappa shape index (κ3) is 2.94. The van der Waals surface area contributed by atoms with Gasteiger partial charge in [-0.1, -0.05) is 18.2 Å². The molecule has 6 nitrogen and oxygen atoms in total. The van der Waals surface area contributed by atoms with Gasteiger partial charge in [0.15, 0.2) is 11.6 Å². The first-order valence-electron chi connectivity index (χ1n) is 8.38. The number of carbonyl (C=O) groups is 1. The van der Waals surface area contributed by atoms with Crippen LogP contribution in [0.5, 0.6) is 0 Å². The molecule has 4 rings (SSSR count). The minimum Gasteiger partial charge on any atom is -0.328 e. The Morgan fingerprint density at radius 1 is 1.07 bits per heavy atom. The molecule has 0 bridgehead atoms. The maximum Gasteiger partial charge on any atom is 0.259 e. The van der Waals surface area contributed by atoms with E-state index in [1.807, 2.05) is 0 Å². The average molecular weight is 380 g/mol. The number of H-pyrrole nitrogens is 1. The van der Waals surface area contributed by atoms with Gasteiger partial charge in [-0.25, -0.2) is 13.5 Å². The predicted octanol–water partition coefficient (Wildman–Crippen LogP) is 3.62. The summed E-state index contributed by atoms with van der Waals surface area (Å²) in [7, 11) is 0. The van der Waals surface area contributed by atoms with Crippen molar-refractivity contribution >= 4 is 22.5 Å². The van der Waals surface area contributed by atoms with Gasteiger partial charge in [0.05, 0.1) is 10.9 Å². The molecular weight excluding hydrogens is 366 g/mol. The average Bonchev–Trinajstić information content (AvgIpc) is 3.03. The number of pyridine rings is 1. The fourth-order valence-corrected chi connectivity index (χ4v) is 3.06. The number of carbonyl (C=O) groups excluding carboxylic acids is 1. The maximum atomic E-state index is 14.3. The molecule has 2 aromatic carbocycles. The van der Waals surface area contributed by atoms with E-state index in [4.69, 9.17) is 0 Å². The molecule has 2 heterocycles. The number of nitrogens with zero attached hydrogens (tertiary/aromatic N) is 2. The van der Waals surface area contributed by atoms with Gasteiger partial charge < -0.3 is 10.3 Å². The number of hydrogen-bond acceptors (Lipinski definition) is 3. The van der Waals surface area contributed by atoms with Crippen LogP contribution in [0, 0.1) is 11.6 Å². The van der Waals surface area contributed by atoms with Crippen LogP contribution >= 0.6 is 0 Å². The molecule has 0 saturated heterocycles. The Morgan fingerprint density at radius 3 is 2.39 bits per heavy atom. The molecule has 0 aliphatic carbocycles. The van der Waals surface area contributed by atoms with Crippen molar-refractivity contribution in [3.8, 4) is 16.9 Å². The van der Waals surface area contributed by atoms with Gasteiger partial charge in [-0.15, -0.1) is 0 Å². The van der Waals surface area contributed by atoms with Crippen molar-refractivity contribution in [3.63, 3.8) is 0 Å². The number of amides is 1. The molecule has 0 radical (unpaired) electrons. The molecule has 0 aliphatic rings. The Labute approximate surface area is 157 Å². The largest absolute Gasteiger partial charge is 0.328 e. The van der Waals surface area contributed by atoms with Crippen molar-refractivity contribution < 1.29 is 13.6 Å². The van der Waals surface area contributed by atoms with E-state index in [2.05, 4.69) is 15.4 Å². The Balaban J connectivity index is 1.96. The number of halogens is 2. The Morgan fingerprint density at radius 2 is 1.75 bits per heavy atom. The van der Waals surface area contributed by atoms with Crippen molar-refractivity contribution in [3.05, 3.63) is 76.7 Å². The van der Waals surface area contributed by atoms with Gasteiger partial charge >= 0.3 is 0 Å². The van der Waals surface area contributed by atoms with Gasteiger partial charge in [-0.3, -0.25) is 9.59 Å². The molecule has 0 aliphatic heterocycles. The summed E-state index contributed by atoms with van der Waals surface area (Å²) in [6, 6.07) is 11.7. The molecule has 28 heavy (non-hydrogen) atoms. The van der Waals surface area contributed by atoms with Crippen LogP contribution in [0.25, 0.3) is 27.8 Å². The van der Waals surface area contributed by atoms with E-state index in [0.717, 1.165) is 16.8 Å². The quantitative estimate of drug-likeness (QED) is 0.570.